The first-order valence-electron chi connectivity index (χ1n) is 8.96. The van der Waals surface area contributed by atoms with Crippen LogP contribution in [0.4, 0.5) is 0 Å². The van der Waals surface area contributed by atoms with Crippen molar-refractivity contribution in [2.75, 3.05) is 13.1 Å². The van der Waals surface area contributed by atoms with Crippen LogP contribution in [0, 0.1) is 13.8 Å². The van der Waals surface area contributed by atoms with E-state index in [0.29, 0.717) is 11.5 Å². The lowest BCUT2D eigenvalue weighted by atomic mass is 9.94. The molecule has 26 heavy (non-hydrogen) atoms. The second-order valence-electron chi connectivity index (χ2n) is 6.84. The minimum atomic E-state index is 0.0563. The van der Waals surface area contributed by atoms with Gasteiger partial charge in [0.05, 0.1) is 17.5 Å². The molecule has 1 aliphatic rings. The van der Waals surface area contributed by atoms with Crippen molar-refractivity contribution in [1.82, 2.24) is 19.7 Å². The van der Waals surface area contributed by atoms with Gasteiger partial charge in [0.25, 0.3) is 5.91 Å². The Bertz CT molecular complexity index is 932. The molecule has 0 aliphatic carbocycles. The highest BCUT2D eigenvalue weighted by molar-refractivity contribution is 5.95. The molecular formula is C21H22N4O. The van der Waals surface area contributed by atoms with Gasteiger partial charge < -0.3 is 4.90 Å². The number of pyridine rings is 1. The second kappa shape index (κ2) is 6.75. The number of nitrogens with zero attached hydrogens (tertiary/aromatic N) is 4. The fourth-order valence-electron chi connectivity index (χ4n) is 3.74. The standard InChI is InChI=1S/C21H22N4O/c1-15-7-3-4-8-18(15)17-10-12-24(14-17)21(26)19-13-23-25(16(19)2)20-9-5-6-11-22-20/h3-9,11,13,17H,10,12,14H2,1-2H3/t17-/m1/s1. The monoisotopic (exact) mass is 346 g/mol. The van der Waals surface area contributed by atoms with E-state index in [1.54, 1.807) is 17.1 Å². The molecular weight excluding hydrogens is 324 g/mol. The van der Waals surface area contributed by atoms with E-state index in [9.17, 15) is 4.79 Å². The third-order valence-corrected chi connectivity index (χ3v) is 5.21. The zero-order chi connectivity index (χ0) is 18.1. The summed E-state index contributed by atoms with van der Waals surface area (Å²) in [5, 5.41) is 4.38. The largest absolute Gasteiger partial charge is 0.338 e. The minimum Gasteiger partial charge on any atom is -0.338 e. The van der Waals surface area contributed by atoms with Gasteiger partial charge in [0.1, 0.15) is 0 Å². The van der Waals surface area contributed by atoms with E-state index in [1.807, 2.05) is 30.0 Å². The topological polar surface area (TPSA) is 51.0 Å². The van der Waals surface area contributed by atoms with E-state index in [4.69, 9.17) is 0 Å². The first-order chi connectivity index (χ1) is 12.6. The zero-order valence-electron chi connectivity index (χ0n) is 15.1. The van der Waals surface area contributed by atoms with E-state index < -0.39 is 0 Å². The Morgan fingerprint density at radius 3 is 2.69 bits per heavy atom. The molecule has 132 valence electrons. The molecule has 0 saturated carbocycles. The predicted octanol–water partition coefficient (Wildman–Crippen LogP) is 3.51. The van der Waals surface area contributed by atoms with Crippen molar-refractivity contribution >= 4 is 5.91 Å². The first-order valence-corrected chi connectivity index (χ1v) is 8.96. The number of aryl methyl sites for hydroxylation is 1. The van der Waals surface area contributed by atoms with E-state index in [0.717, 1.165) is 31.0 Å². The Balaban J connectivity index is 1.54. The Kier molecular flexibility index (Phi) is 4.29. The predicted molar refractivity (Wildman–Crippen MR) is 101 cm³/mol. The summed E-state index contributed by atoms with van der Waals surface area (Å²) in [6.07, 6.45) is 4.39. The van der Waals surface area contributed by atoms with E-state index in [1.165, 1.54) is 11.1 Å². The van der Waals surface area contributed by atoms with Gasteiger partial charge in [-0.1, -0.05) is 30.3 Å². The Morgan fingerprint density at radius 2 is 1.92 bits per heavy atom. The molecule has 3 aromatic rings. The van der Waals surface area contributed by atoms with Gasteiger partial charge in [0.15, 0.2) is 5.82 Å². The van der Waals surface area contributed by atoms with E-state index in [-0.39, 0.29) is 5.91 Å². The number of benzene rings is 1. The lowest BCUT2D eigenvalue weighted by Gasteiger charge is -2.17. The molecule has 1 amide bonds. The van der Waals surface area contributed by atoms with Crippen LogP contribution in [0.3, 0.4) is 0 Å². The van der Waals surface area contributed by atoms with E-state index in [2.05, 4.69) is 41.3 Å². The van der Waals surface area contributed by atoms with Gasteiger partial charge in [-0.25, -0.2) is 9.67 Å². The molecule has 1 fully saturated rings. The van der Waals surface area contributed by atoms with Gasteiger partial charge in [-0.2, -0.15) is 5.10 Å². The van der Waals surface area contributed by atoms with Gasteiger partial charge in [0, 0.05) is 25.2 Å². The van der Waals surface area contributed by atoms with Gasteiger partial charge in [0.2, 0.25) is 0 Å². The van der Waals surface area contributed by atoms with Crippen molar-refractivity contribution in [2.45, 2.75) is 26.2 Å². The molecule has 1 aliphatic heterocycles. The molecule has 1 aromatic carbocycles. The van der Waals surface area contributed by atoms with Crippen molar-refractivity contribution < 1.29 is 4.79 Å². The molecule has 0 N–H and O–H groups in total. The summed E-state index contributed by atoms with van der Waals surface area (Å²) in [6.45, 7) is 5.61. The van der Waals surface area contributed by atoms with Crippen molar-refractivity contribution in [2.24, 2.45) is 0 Å². The summed E-state index contributed by atoms with van der Waals surface area (Å²) >= 11 is 0. The van der Waals surface area contributed by atoms with Crippen LogP contribution < -0.4 is 0 Å². The molecule has 0 unspecified atom stereocenters. The summed E-state index contributed by atoms with van der Waals surface area (Å²) < 4.78 is 1.72. The van der Waals surface area contributed by atoms with Crippen LogP contribution in [0.1, 0.15) is 39.5 Å². The van der Waals surface area contributed by atoms with Gasteiger partial charge in [-0.3, -0.25) is 4.79 Å². The fraction of sp³-hybridized carbons (Fsp3) is 0.286. The molecule has 1 atom stereocenters. The summed E-state index contributed by atoms with van der Waals surface area (Å²) in [4.78, 5) is 19.3. The summed E-state index contributed by atoms with van der Waals surface area (Å²) in [7, 11) is 0. The number of amides is 1. The third-order valence-electron chi connectivity index (χ3n) is 5.21. The quantitative estimate of drug-likeness (QED) is 0.729. The first kappa shape index (κ1) is 16.5. The van der Waals surface area contributed by atoms with Crippen LogP contribution in [-0.4, -0.2) is 38.7 Å². The van der Waals surface area contributed by atoms with Gasteiger partial charge in [-0.15, -0.1) is 0 Å². The number of hydrogen-bond acceptors (Lipinski definition) is 3. The smallest absolute Gasteiger partial charge is 0.257 e. The van der Waals surface area contributed by atoms with Crippen molar-refractivity contribution in [1.29, 1.82) is 0 Å². The van der Waals surface area contributed by atoms with Crippen LogP contribution in [-0.2, 0) is 0 Å². The van der Waals surface area contributed by atoms with Crippen LogP contribution in [0.2, 0.25) is 0 Å². The average molecular weight is 346 g/mol. The maximum Gasteiger partial charge on any atom is 0.257 e. The van der Waals surface area contributed by atoms with Gasteiger partial charge >= 0.3 is 0 Å². The summed E-state index contributed by atoms with van der Waals surface area (Å²) in [6, 6.07) is 14.1. The number of rotatable bonds is 3. The minimum absolute atomic E-state index is 0.0563. The Morgan fingerprint density at radius 1 is 1.12 bits per heavy atom. The second-order valence-corrected chi connectivity index (χ2v) is 6.84. The highest BCUT2D eigenvalue weighted by atomic mass is 16.2. The van der Waals surface area contributed by atoms with Crippen LogP contribution >= 0.6 is 0 Å². The molecule has 5 heteroatoms. The Hall–Kier alpha value is -2.95. The van der Waals surface area contributed by atoms with Crippen LogP contribution in [0.25, 0.3) is 5.82 Å². The average Bonchev–Trinajstić information content (AvgIpc) is 3.29. The third kappa shape index (κ3) is 2.90. The van der Waals surface area contributed by atoms with Crippen molar-refractivity contribution in [3.05, 3.63) is 77.2 Å². The molecule has 2 aromatic heterocycles. The normalized spacial score (nSPS) is 16.8. The Labute approximate surface area is 153 Å². The lowest BCUT2D eigenvalue weighted by molar-refractivity contribution is 0.0790. The molecule has 1 saturated heterocycles. The molecule has 0 bridgehead atoms. The summed E-state index contributed by atoms with van der Waals surface area (Å²) in [5.41, 5.74) is 4.13. The highest BCUT2D eigenvalue weighted by Crippen LogP contribution is 2.30. The van der Waals surface area contributed by atoms with Crippen LogP contribution in [0.15, 0.2) is 54.9 Å². The zero-order valence-corrected chi connectivity index (χ0v) is 15.1. The van der Waals surface area contributed by atoms with Crippen molar-refractivity contribution in [3.63, 3.8) is 0 Å². The molecule has 3 heterocycles. The molecule has 4 rings (SSSR count). The number of carbonyl (C=O) groups excluding carboxylic acids is 1. The highest BCUT2D eigenvalue weighted by Gasteiger charge is 2.30. The fourth-order valence-corrected chi connectivity index (χ4v) is 3.74. The number of hydrogen-bond donors (Lipinski definition) is 0. The maximum atomic E-state index is 13.0. The molecule has 0 radical (unpaired) electrons. The number of aromatic nitrogens is 3. The lowest BCUT2D eigenvalue weighted by Crippen LogP contribution is -2.29. The van der Waals surface area contributed by atoms with Crippen molar-refractivity contribution in [3.8, 4) is 5.82 Å². The van der Waals surface area contributed by atoms with E-state index >= 15 is 0 Å². The number of likely N-dealkylation sites (tertiary alicyclic amines) is 1. The van der Waals surface area contributed by atoms with Crippen LogP contribution in [0.5, 0.6) is 0 Å². The summed E-state index contributed by atoms with van der Waals surface area (Å²) in [5.74, 6) is 1.19. The van der Waals surface area contributed by atoms with Gasteiger partial charge in [-0.05, 0) is 43.5 Å². The number of carbonyl (C=O) groups is 1. The SMILES string of the molecule is Cc1ccccc1[C@@H]1CCN(C(=O)c2cnn(-c3ccccn3)c2C)C1. The molecule has 5 nitrogen and oxygen atoms in total. The maximum absolute atomic E-state index is 13.0. The molecule has 0 spiro atoms.